The van der Waals surface area contributed by atoms with Crippen LogP contribution in [0.5, 0.6) is 0 Å². The molecule has 0 saturated carbocycles. The summed E-state index contributed by atoms with van der Waals surface area (Å²) in [7, 11) is 0. The average molecular weight is 760 g/mol. The van der Waals surface area contributed by atoms with E-state index in [4.69, 9.17) is 16.6 Å². The van der Waals surface area contributed by atoms with E-state index in [1.165, 1.54) is 11.8 Å². The van der Waals surface area contributed by atoms with E-state index in [1.807, 2.05) is 27.0 Å². The van der Waals surface area contributed by atoms with Gasteiger partial charge in [-0.2, -0.15) is 11.8 Å². The highest BCUT2D eigenvalue weighted by Gasteiger charge is 2.34. The van der Waals surface area contributed by atoms with Gasteiger partial charge in [-0.25, -0.2) is 4.79 Å². The molecule has 17 heteroatoms. The third-order valence-corrected chi connectivity index (χ3v) is 9.40. The Morgan fingerprint density at radius 2 is 1.10 bits per heavy atom. The molecule has 0 aliphatic rings. The predicted octanol–water partition coefficient (Wildman–Crippen LogP) is 1.10. The molecule has 7 atom stereocenters. The number of carboxylic acids is 2. The van der Waals surface area contributed by atoms with Gasteiger partial charge in [0.05, 0.1) is 0 Å². The number of amides is 5. The van der Waals surface area contributed by atoms with Crippen molar-refractivity contribution < 1.29 is 43.8 Å². The van der Waals surface area contributed by atoms with Gasteiger partial charge < -0.3 is 48.3 Å². The van der Waals surface area contributed by atoms with Crippen molar-refractivity contribution in [1.29, 1.82) is 0 Å². The summed E-state index contributed by atoms with van der Waals surface area (Å²) in [4.78, 5) is 90.2. The van der Waals surface area contributed by atoms with Crippen molar-refractivity contribution in [2.75, 3.05) is 25.1 Å². The van der Waals surface area contributed by atoms with Gasteiger partial charge in [-0.05, 0) is 94.7 Å². The SMILES string of the molecule is CCC(C)C(NC(=O)C(C)CCC(=O)O)C(=O)NC(CCCCN)C(=O)NC(CCCCN)C(=O)NC(CC(C)C)C(=O)NC(CCSC)C(=O)O. The molecule has 0 saturated heterocycles. The van der Waals surface area contributed by atoms with E-state index < -0.39 is 77.6 Å². The van der Waals surface area contributed by atoms with Crippen LogP contribution in [0, 0.1) is 17.8 Å². The minimum absolute atomic E-state index is 0.0444. The molecular weight excluding hydrogens is 694 g/mol. The van der Waals surface area contributed by atoms with E-state index in [2.05, 4.69) is 26.6 Å². The first-order chi connectivity index (χ1) is 24.5. The second kappa shape index (κ2) is 27.2. The molecule has 0 fully saturated rings. The molecular formula is C35H65N7O9S. The van der Waals surface area contributed by atoms with Gasteiger partial charge in [0.2, 0.25) is 29.5 Å². The van der Waals surface area contributed by atoms with Crippen LogP contribution in [0.2, 0.25) is 0 Å². The quantitative estimate of drug-likeness (QED) is 0.0485. The van der Waals surface area contributed by atoms with Crippen LogP contribution in [0.3, 0.4) is 0 Å². The highest BCUT2D eigenvalue weighted by Crippen LogP contribution is 2.14. The summed E-state index contributed by atoms with van der Waals surface area (Å²) >= 11 is 1.44. The zero-order chi connectivity index (χ0) is 39.8. The van der Waals surface area contributed by atoms with Crippen molar-refractivity contribution in [2.24, 2.45) is 29.2 Å². The fourth-order valence-electron chi connectivity index (χ4n) is 5.27. The fraction of sp³-hybridized carbons (Fsp3) is 0.800. The largest absolute Gasteiger partial charge is 0.481 e. The number of hydrogen-bond acceptors (Lipinski definition) is 10. The zero-order valence-corrected chi connectivity index (χ0v) is 32.6. The van der Waals surface area contributed by atoms with Crippen LogP contribution in [0.1, 0.15) is 105 Å². The molecule has 0 spiro atoms. The number of thioether (sulfide) groups is 1. The summed E-state index contributed by atoms with van der Waals surface area (Å²) in [5.41, 5.74) is 11.4. The van der Waals surface area contributed by atoms with E-state index in [9.17, 15) is 38.7 Å². The molecule has 7 unspecified atom stereocenters. The number of rotatable bonds is 29. The second-order valence-electron chi connectivity index (χ2n) is 13.8. The topological polar surface area (TPSA) is 272 Å². The molecule has 0 bridgehead atoms. The van der Waals surface area contributed by atoms with Crippen molar-refractivity contribution in [1.82, 2.24) is 26.6 Å². The third-order valence-electron chi connectivity index (χ3n) is 8.76. The first-order valence-corrected chi connectivity index (χ1v) is 19.8. The monoisotopic (exact) mass is 759 g/mol. The van der Waals surface area contributed by atoms with Gasteiger partial charge in [0.25, 0.3) is 0 Å². The number of carbonyl (C=O) groups excluding carboxylic acids is 5. The molecule has 0 aromatic carbocycles. The first kappa shape index (κ1) is 48.6. The number of carboxylic acid groups (broad SMARTS) is 2. The van der Waals surface area contributed by atoms with Crippen LogP contribution in [0.4, 0.5) is 0 Å². The fourth-order valence-corrected chi connectivity index (χ4v) is 5.74. The lowest BCUT2D eigenvalue weighted by Gasteiger charge is -2.29. The molecule has 0 aromatic heterocycles. The Bertz CT molecular complexity index is 1140. The number of aliphatic carboxylic acids is 2. The van der Waals surface area contributed by atoms with Gasteiger partial charge in [-0.3, -0.25) is 28.8 Å². The minimum Gasteiger partial charge on any atom is -0.481 e. The molecule has 52 heavy (non-hydrogen) atoms. The minimum atomic E-state index is -1.19. The standard InChI is InChI=1S/C35H65N7O9S/c1-7-22(4)29(42-30(45)23(5)14-15-28(43)44)34(49)39-25(13-9-11-18-37)31(46)38-24(12-8-10-17-36)32(47)41-27(20-21(2)3)33(48)40-26(35(50)51)16-19-52-6/h21-27,29H,7-20,36-37H2,1-6H3,(H,38,46)(H,39,49)(H,40,48)(H,41,47)(H,42,45)(H,43,44)(H,50,51). The van der Waals surface area contributed by atoms with E-state index in [1.54, 1.807) is 13.8 Å². The van der Waals surface area contributed by atoms with Gasteiger partial charge in [-0.15, -0.1) is 0 Å². The Hall–Kier alpha value is -3.44. The Labute approximate surface area is 312 Å². The van der Waals surface area contributed by atoms with Gasteiger partial charge in [0.1, 0.15) is 30.2 Å². The molecule has 11 N–H and O–H groups in total. The summed E-state index contributed by atoms with van der Waals surface area (Å²) in [5.74, 6) is -5.78. The Kier molecular flexibility index (Phi) is 25.4. The van der Waals surface area contributed by atoms with Crippen LogP contribution in [-0.2, 0) is 33.6 Å². The van der Waals surface area contributed by atoms with Crippen LogP contribution in [0.15, 0.2) is 0 Å². The molecule has 0 heterocycles. The molecule has 0 rings (SSSR count). The van der Waals surface area contributed by atoms with Gasteiger partial charge in [0, 0.05) is 12.3 Å². The third kappa shape index (κ3) is 20.0. The molecule has 16 nitrogen and oxygen atoms in total. The van der Waals surface area contributed by atoms with Crippen molar-refractivity contribution in [2.45, 2.75) is 135 Å². The predicted molar refractivity (Wildman–Crippen MR) is 201 cm³/mol. The van der Waals surface area contributed by atoms with Crippen LogP contribution < -0.4 is 38.1 Å². The maximum Gasteiger partial charge on any atom is 0.326 e. The lowest BCUT2D eigenvalue weighted by atomic mass is 9.96. The molecule has 0 aromatic rings. The van der Waals surface area contributed by atoms with Crippen molar-refractivity contribution in [3.8, 4) is 0 Å². The summed E-state index contributed by atoms with van der Waals surface area (Å²) in [6.07, 6.45) is 5.07. The van der Waals surface area contributed by atoms with Gasteiger partial charge in [-0.1, -0.05) is 41.0 Å². The van der Waals surface area contributed by atoms with E-state index >= 15 is 0 Å². The van der Waals surface area contributed by atoms with Crippen molar-refractivity contribution in [3.63, 3.8) is 0 Å². The Morgan fingerprint density at radius 3 is 1.54 bits per heavy atom. The molecule has 0 aliphatic heterocycles. The summed E-state index contributed by atoms with van der Waals surface area (Å²) in [5, 5.41) is 32.1. The number of carbonyl (C=O) groups is 7. The summed E-state index contributed by atoms with van der Waals surface area (Å²) in [6.45, 7) is 9.62. The van der Waals surface area contributed by atoms with Gasteiger partial charge in [0.15, 0.2) is 0 Å². The van der Waals surface area contributed by atoms with E-state index in [0.29, 0.717) is 50.9 Å². The highest BCUT2D eigenvalue weighted by atomic mass is 32.2. The van der Waals surface area contributed by atoms with Gasteiger partial charge >= 0.3 is 11.9 Å². The van der Waals surface area contributed by atoms with E-state index in [0.717, 1.165) is 0 Å². The maximum atomic E-state index is 13.8. The number of unbranched alkanes of at least 4 members (excludes halogenated alkanes) is 2. The summed E-state index contributed by atoms with van der Waals surface area (Å²) in [6, 6.07) is -5.43. The van der Waals surface area contributed by atoms with Crippen LogP contribution >= 0.6 is 11.8 Å². The Balaban J connectivity index is 6.22. The van der Waals surface area contributed by atoms with Crippen LogP contribution in [0.25, 0.3) is 0 Å². The summed E-state index contributed by atoms with van der Waals surface area (Å²) < 4.78 is 0. The number of nitrogens with two attached hydrogens (primary N) is 2. The highest BCUT2D eigenvalue weighted by molar-refractivity contribution is 7.98. The lowest BCUT2D eigenvalue weighted by Crippen LogP contribution is -2.59. The normalized spacial score (nSPS) is 15.2. The second-order valence-corrected chi connectivity index (χ2v) is 14.8. The first-order valence-electron chi connectivity index (χ1n) is 18.4. The molecule has 5 amide bonds. The van der Waals surface area contributed by atoms with Crippen LogP contribution in [-0.4, -0.2) is 107 Å². The van der Waals surface area contributed by atoms with Crippen molar-refractivity contribution >= 4 is 53.2 Å². The molecule has 0 radical (unpaired) electrons. The van der Waals surface area contributed by atoms with Crippen molar-refractivity contribution in [3.05, 3.63) is 0 Å². The zero-order valence-electron chi connectivity index (χ0n) is 31.8. The lowest BCUT2D eigenvalue weighted by molar-refractivity contribution is -0.142. The average Bonchev–Trinajstić information content (AvgIpc) is 3.08. The Morgan fingerprint density at radius 1 is 0.615 bits per heavy atom. The number of hydrogen-bond donors (Lipinski definition) is 9. The molecule has 0 aliphatic carbocycles. The smallest absolute Gasteiger partial charge is 0.326 e. The van der Waals surface area contributed by atoms with E-state index in [-0.39, 0.29) is 50.4 Å². The maximum absolute atomic E-state index is 13.8. The molecule has 300 valence electrons. The number of nitrogens with one attached hydrogen (secondary N) is 5.